The van der Waals surface area contributed by atoms with Crippen molar-refractivity contribution >= 4 is 11.8 Å². The Kier molecular flexibility index (Phi) is 4.69. The van der Waals surface area contributed by atoms with Crippen molar-refractivity contribution in [3.63, 3.8) is 0 Å². The van der Waals surface area contributed by atoms with Crippen LogP contribution in [0.25, 0.3) is 0 Å². The van der Waals surface area contributed by atoms with E-state index in [-0.39, 0.29) is 11.8 Å². The third-order valence-electron chi connectivity index (χ3n) is 3.78. The summed E-state index contributed by atoms with van der Waals surface area (Å²) < 4.78 is 7.32. The van der Waals surface area contributed by atoms with Crippen molar-refractivity contribution in [2.75, 3.05) is 6.61 Å². The minimum atomic E-state index is -0.154. The first-order chi connectivity index (χ1) is 10.6. The average molecular weight is 319 g/mol. The molecule has 2 aromatic rings. The fraction of sp³-hybridized carbons (Fsp3) is 0.500. The largest absolute Gasteiger partial charge is 0.376 e. The van der Waals surface area contributed by atoms with E-state index in [0.717, 1.165) is 30.4 Å². The smallest absolute Gasteiger partial charge is 0.344 e. The molecule has 1 aromatic heterocycles. The lowest BCUT2D eigenvalue weighted by Gasteiger charge is -2.11. The fourth-order valence-electron chi connectivity index (χ4n) is 2.87. The summed E-state index contributed by atoms with van der Waals surface area (Å²) in [4.78, 5) is 11.9. The first-order valence-corrected chi connectivity index (χ1v) is 8.57. The third kappa shape index (κ3) is 3.62. The normalized spacial score (nSPS) is 18.0. The minimum Gasteiger partial charge on any atom is -0.376 e. The molecule has 1 aromatic carbocycles. The molecule has 0 amide bonds. The van der Waals surface area contributed by atoms with Crippen molar-refractivity contribution in [3.05, 3.63) is 45.4 Å². The van der Waals surface area contributed by atoms with Gasteiger partial charge in [0.2, 0.25) is 0 Å². The number of aromatic amines is 1. The summed E-state index contributed by atoms with van der Waals surface area (Å²) in [5, 5.41) is 7.44. The van der Waals surface area contributed by atoms with E-state index >= 15 is 0 Å². The molecule has 5 nitrogen and oxygen atoms in total. The summed E-state index contributed by atoms with van der Waals surface area (Å²) in [6, 6.07) is 6.51. The van der Waals surface area contributed by atoms with E-state index in [9.17, 15) is 4.79 Å². The summed E-state index contributed by atoms with van der Waals surface area (Å²) in [5.41, 5.74) is 3.61. The zero-order valence-electron chi connectivity index (χ0n) is 13.0. The zero-order chi connectivity index (χ0) is 15.5. The van der Waals surface area contributed by atoms with Crippen LogP contribution in [-0.4, -0.2) is 27.5 Å². The second-order valence-electron chi connectivity index (χ2n) is 5.84. The van der Waals surface area contributed by atoms with Gasteiger partial charge in [-0.25, -0.2) is 9.89 Å². The number of benzene rings is 1. The van der Waals surface area contributed by atoms with Gasteiger partial charge in [-0.05, 0) is 32.3 Å². The molecule has 1 saturated heterocycles. The molecule has 118 valence electrons. The maximum absolute atomic E-state index is 11.9. The molecule has 0 bridgehead atoms. The topological polar surface area (TPSA) is 59.9 Å². The first kappa shape index (κ1) is 15.4. The van der Waals surface area contributed by atoms with E-state index in [1.807, 2.05) is 0 Å². The van der Waals surface area contributed by atoms with Gasteiger partial charge in [-0.15, -0.1) is 5.10 Å². The molecule has 3 rings (SSSR count). The predicted octanol–water partition coefficient (Wildman–Crippen LogP) is 2.66. The molecule has 1 aliphatic rings. The lowest BCUT2D eigenvalue weighted by Crippen LogP contribution is -2.24. The van der Waals surface area contributed by atoms with Gasteiger partial charge in [-0.1, -0.05) is 41.1 Å². The van der Waals surface area contributed by atoms with Gasteiger partial charge in [0.15, 0.2) is 5.16 Å². The molecule has 2 heterocycles. The molecule has 22 heavy (non-hydrogen) atoms. The Hall–Kier alpha value is -1.53. The van der Waals surface area contributed by atoms with E-state index in [4.69, 9.17) is 4.74 Å². The maximum Gasteiger partial charge on any atom is 0.344 e. The molecule has 0 aliphatic carbocycles. The van der Waals surface area contributed by atoms with Crippen LogP contribution in [0.5, 0.6) is 0 Å². The lowest BCUT2D eigenvalue weighted by atomic mass is 10.1. The third-order valence-corrected chi connectivity index (χ3v) is 4.83. The van der Waals surface area contributed by atoms with Crippen molar-refractivity contribution in [2.24, 2.45) is 0 Å². The maximum atomic E-state index is 11.9. The van der Waals surface area contributed by atoms with Crippen molar-refractivity contribution in [2.45, 2.75) is 50.2 Å². The lowest BCUT2D eigenvalue weighted by molar-refractivity contribution is 0.0941. The predicted molar refractivity (Wildman–Crippen MR) is 87.3 cm³/mol. The van der Waals surface area contributed by atoms with Crippen LogP contribution >= 0.6 is 11.8 Å². The Labute approximate surface area is 134 Å². The first-order valence-electron chi connectivity index (χ1n) is 7.58. The Morgan fingerprint density at radius 1 is 1.36 bits per heavy atom. The van der Waals surface area contributed by atoms with Crippen molar-refractivity contribution in [3.8, 4) is 0 Å². The van der Waals surface area contributed by atoms with Crippen LogP contribution in [0.1, 0.15) is 29.5 Å². The summed E-state index contributed by atoms with van der Waals surface area (Å²) >= 11 is 1.59. The highest BCUT2D eigenvalue weighted by Gasteiger charge is 2.19. The highest BCUT2D eigenvalue weighted by molar-refractivity contribution is 7.98. The summed E-state index contributed by atoms with van der Waals surface area (Å²) in [5.74, 6) is 0.804. The summed E-state index contributed by atoms with van der Waals surface area (Å²) in [7, 11) is 0. The van der Waals surface area contributed by atoms with Crippen LogP contribution in [-0.2, 0) is 17.0 Å². The standard InChI is InChI=1S/C16H21N3O2S/c1-11-6-12(2)8-13(7-11)10-22-16-18-17-15(20)19(16)9-14-4-3-5-21-14/h6-8,14H,3-5,9-10H2,1-2H3,(H,17,20). The van der Waals surface area contributed by atoms with Gasteiger partial charge in [-0.3, -0.25) is 4.57 Å². The number of aromatic nitrogens is 3. The summed E-state index contributed by atoms with van der Waals surface area (Å²) in [6.45, 7) is 5.58. The van der Waals surface area contributed by atoms with E-state index in [2.05, 4.69) is 42.2 Å². The Balaban J connectivity index is 1.71. The highest BCUT2D eigenvalue weighted by atomic mass is 32.2. The van der Waals surface area contributed by atoms with Gasteiger partial charge in [-0.2, -0.15) is 0 Å². The molecule has 1 N–H and O–H groups in total. The molecular formula is C16H21N3O2S. The van der Waals surface area contributed by atoms with Crippen molar-refractivity contribution in [1.82, 2.24) is 14.8 Å². The average Bonchev–Trinajstić information content (AvgIpc) is 3.08. The van der Waals surface area contributed by atoms with Crippen molar-refractivity contribution in [1.29, 1.82) is 0 Å². The number of thioether (sulfide) groups is 1. The van der Waals surface area contributed by atoms with E-state index in [1.54, 1.807) is 16.3 Å². The monoisotopic (exact) mass is 319 g/mol. The second-order valence-corrected chi connectivity index (χ2v) is 6.78. The van der Waals surface area contributed by atoms with E-state index < -0.39 is 0 Å². The molecule has 1 aliphatic heterocycles. The number of hydrogen-bond acceptors (Lipinski definition) is 4. The van der Waals surface area contributed by atoms with Gasteiger partial charge in [0.25, 0.3) is 0 Å². The SMILES string of the molecule is Cc1cc(C)cc(CSc2n[nH]c(=O)n2CC2CCCO2)c1. The summed E-state index contributed by atoms with van der Waals surface area (Å²) in [6.07, 6.45) is 2.22. The molecule has 6 heteroatoms. The number of aryl methyl sites for hydroxylation is 2. The van der Waals surface area contributed by atoms with Crippen LogP contribution in [0.15, 0.2) is 28.2 Å². The number of nitrogens with zero attached hydrogens (tertiary/aromatic N) is 2. The molecule has 1 unspecified atom stereocenters. The second kappa shape index (κ2) is 6.71. The van der Waals surface area contributed by atoms with Crippen LogP contribution in [0.4, 0.5) is 0 Å². The van der Waals surface area contributed by atoms with Crippen LogP contribution in [0.3, 0.4) is 0 Å². The van der Waals surface area contributed by atoms with Gasteiger partial charge in [0.05, 0.1) is 12.6 Å². The number of hydrogen-bond donors (Lipinski definition) is 1. The highest BCUT2D eigenvalue weighted by Crippen LogP contribution is 2.22. The Bertz CT molecular complexity index is 681. The Morgan fingerprint density at radius 3 is 2.82 bits per heavy atom. The number of ether oxygens (including phenoxy) is 1. The zero-order valence-corrected chi connectivity index (χ0v) is 13.8. The molecule has 1 atom stereocenters. The van der Waals surface area contributed by atoms with Crippen LogP contribution in [0, 0.1) is 13.8 Å². The number of H-pyrrole nitrogens is 1. The van der Waals surface area contributed by atoms with E-state index in [1.165, 1.54) is 16.7 Å². The van der Waals surface area contributed by atoms with Gasteiger partial charge in [0.1, 0.15) is 0 Å². The van der Waals surface area contributed by atoms with Gasteiger partial charge < -0.3 is 4.74 Å². The quantitative estimate of drug-likeness (QED) is 0.861. The van der Waals surface area contributed by atoms with Crippen LogP contribution in [0.2, 0.25) is 0 Å². The minimum absolute atomic E-state index is 0.135. The molecule has 0 radical (unpaired) electrons. The fourth-order valence-corrected chi connectivity index (χ4v) is 3.75. The van der Waals surface area contributed by atoms with Gasteiger partial charge in [0, 0.05) is 12.4 Å². The van der Waals surface area contributed by atoms with Crippen LogP contribution < -0.4 is 5.69 Å². The van der Waals surface area contributed by atoms with Gasteiger partial charge >= 0.3 is 5.69 Å². The van der Waals surface area contributed by atoms with E-state index in [0.29, 0.717) is 6.54 Å². The Morgan fingerprint density at radius 2 is 2.14 bits per heavy atom. The molecular weight excluding hydrogens is 298 g/mol. The molecule has 1 fully saturated rings. The number of nitrogens with one attached hydrogen (secondary N) is 1. The molecule has 0 spiro atoms. The number of rotatable bonds is 5. The van der Waals surface area contributed by atoms with Crippen molar-refractivity contribution < 1.29 is 4.74 Å². The molecule has 0 saturated carbocycles.